The number of hydrogen-bond donors (Lipinski definition) is 0. The zero-order chi connectivity index (χ0) is 16.4. The SMILES string of the molecule is C=CCN1C(=O)/C(=C\c2ccc(-c3cccc(F)c3)o2)SC1=S. The van der Waals surface area contributed by atoms with Crippen LogP contribution in [0.5, 0.6) is 0 Å². The molecule has 0 bridgehead atoms. The van der Waals surface area contributed by atoms with Crippen molar-refractivity contribution in [3.05, 3.63) is 65.5 Å². The Morgan fingerprint density at radius 2 is 2.17 bits per heavy atom. The predicted molar refractivity (Wildman–Crippen MR) is 94.2 cm³/mol. The number of benzene rings is 1. The molecule has 1 saturated heterocycles. The average molecular weight is 345 g/mol. The summed E-state index contributed by atoms with van der Waals surface area (Å²) in [4.78, 5) is 14.2. The minimum atomic E-state index is -0.328. The third-order valence-electron chi connectivity index (χ3n) is 3.19. The number of carbonyl (C=O) groups is 1. The van der Waals surface area contributed by atoms with Crippen LogP contribution >= 0.6 is 24.0 Å². The van der Waals surface area contributed by atoms with Crippen LogP contribution in [0.2, 0.25) is 0 Å². The molecule has 0 radical (unpaired) electrons. The molecule has 3 nitrogen and oxygen atoms in total. The van der Waals surface area contributed by atoms with E-state index in [1.54, 1.807) is 36.4 Å². The molecule has 1 aromatic heterocycles. The fraction of sp³-hybridized carbons (Fsp3) is 0.0588. The monoisotopic (exact) mass is 345 g/mol. The lowest BCUT2D eigenvalue weighted by molar-refractivity contribution is -0.121. The van der Waals surface area contributed by atoms with Gasteiger partial charge in [0.25, 0.3) is 5.91 Å². The highest BCUT2D eigenvalue weighted by molar-refractivity contribution is 8.26. The lowest BCUT2D eigenvalue weighted by Gasteiger charge is -2.10. The van der Waals surface area contributed by atoms with Crippen molar-refractivity contribution in [3.63, 3.8) is 0 Å². The number of furan rings is 1. The van der Waals surface area contributed by atoms with Crippen LogP contribution in [0, 0.1) is 5.82 Å². The number of amides is 1. The van der Waals surface area contributed by atoms with Crippen molar-refractivity contribution in [2.45, 2.75) is 0 Å². The molecule has 0 spiro atoms. The van der Waals surface area contributed by atoms with Crippen LogP contribution in [-0.2, 0) is 4.79 Å². The van der Waals surface area contributed by atoms with Gasteiger partial charge < -0.3 is 4.42 Å². The van der Waals surface area contributed by atoms with Crippen molar-refractivity contribution >= 4 is 40.3 Å². The molecule has 1 aliphatic heterocycles. The minimum absolute atomic E-state index is 0.163. The first-order valence-electron chi connectivity index (χ1n) is 6.80. The Bertz CT molecular complexity index is 826. The smallest absolute Gasteiger partial charge is 0.266 e. The lowest BCUT2D eigenvalue weighted by Crippen LogP contribution is -2.27. The molecule has 0 saturated carbocycles. The van der Waals surface area contributed by atoms with E-state index in [9.17, 15) is 9.18 Å². The molecule has 116 valence electrons. The maximum Gasteiger partial charge on any atom is 0.266 e. The highest BCUT2D eigenvalue weighted by atomic mass is 32.2. The van der Waals surface area contributed by atoms with E-state index in [-0.39, 0.29) is 11.7 Å². The highest BCUT2D eigenvalue weighted by Gasteiger charge is 2.31. The maximum atomic E-state index is 13.3. The highest BCUT2D eigenvalue weighted by Crippen LogP contribution is 2.33. The van der Waals surface area contributed by atoms with E-state index in [1.165, 1.54) is 28.8 Å². The van der Waals surface area contributed by atoms with Crippen molar-refractivity contribution < 1.29 is 13.6 Å². The second kappa shape index (κ2) is 6.52. The molecule has 2 aromatic rings. The Hall–Kier alpha value is -2.18. The van der Waals surface area contributed by atoms with E-state index in [1.807, 2.05) is 0 Å². The number of thiocarbonyl (C=S) groups is 1. The Morgan fingerprint density at radius 3 is 2.91 bits per heavy atom. The van der Waals surface area contributed by atoms with Crippen molar-refractivity contribution in [1.29, 1.82) is 0 Å². The van der Waals surface area contributed by atoms with Crippen molar-refractivity contribution in [1.82, 2.24) is 4.90 Å². The summed E-state index contributed by atoms with van der Waals surface area (Å²) in [5, 5.41) is 0. The molecule has 1 aliphatic rings. The predicted octanol–water partition coefficient (Wildman–Crippen LogP) is 4.47. The van der Waals surface area contributed by atoms with Crippen LogP contribution in [0.3, 0.4) is 0 Å². The second-order valence-electron chi connectivity index (χ2n) is 4.79. The number of nitrogens with zero attached hydrogens (tertiary/aromatic N) is 1. The summed E-state index contributed by atoms with van der Waals surface area (Å²) in [7, 11) is 0. The minimum Gasteiger partial charge on any atom is -0.457 e. The first-order chi connectivity index (χ1) is 11.1. The van der Waals surface area contributed by atoms with Gasteiger partial charge in [0, 0.05) is 18.2 Å². The number of halogens is 1. The van der Waals surface area contributed by atoms with E-state index in [0.29, 0.717) is 32.9 Å². The molecule has 2 heterocycles. The van der Waals surface area contributed by atoms with Crippen LogP contribution in [0.4, 0.5) is 4.39 Å². The van der Waals surface area contributed by atoms with Gasteiger partial charge in [-0.25, -0.2) is 4.39 Å². The molecule has 0 aliphatic carbocycles. The van der Waals surface area contributed by atoms with Gasteiger partial charge in [-0.15, -0.1) is 6.58 Å². The third kappa shape index (κ3) is 3.28. The first-order valence-corrected chi connectivity index (χ1v) is 8.03. The topological polar surface area (TPSA) is 33.5 Å². The summed E-state index contributed by atoms with van der Waals surface area (Å²) >= 11 is 6.40. The van der Waals surface area contributed by atoms with Gasteiger partial charge in [-0.2, -0.15) is 0 Å². The molecule has 23 heavy (non-hydrogen) atoms. The van der Waals surface area contributed by atoms with Gasteiger partial charge in [0.2, 0.25) is 0 Å². The third-order valence-corrected chi connectivity index (χ3v) is 4.57. The van der Waals surface area contributed by atoms with E-state index in [2.05, 4.69) is 6.58 Å². The maximum absolute atomic E-state index is 13.3. The van der Waals surface area contributed by atoms with E-state index < -0.39 is 0 Å². The zero-order valence-electron chi connectivity index (χ0n) is 12.0. The molecule has 1 fully saturated rings. The molecule has 0 unspecified atom stereocenters. The molecule has 0 atom stereocenters. The molecule has 1 amide bonds. The zero-order valence-corrected chi connectivity index (χ0v) is 13.6. The summed E-state index contributed by atoms with van der Waals surface area (Å²) in [5.41, 5.74) is 0.642. The summed E-state index contributed by atoms with van der Waals surface area (Å²) in [6.07, 6.45) is 3.27. The van der Waals surface area contributed by atoms with Crippen molar-refractivity contribution in [2.75, 3.05) is 6.54 Å². The van der Waals surface area contributed by atoms with E-state index >= 15 is 0 Å². The fourth-order valence-corrected chi connectivity index (χ4v) is 3.40. The second-order valence-corrected chi connectivity index (χ2v) is 6.47. The van der Waals surface area contributed by atoms with Crippen molar-refractivity contribution in [2.24, 2.45) is 0 Å². The largest absolute Gasteiger partial charge is 0.457 e. The van der Waals surface area contributed by atoms with Gasteiger partial charge in [-0.05, 0) is 24.3 Å². The summed E-state index contributed by atoms with van der Waals surface area (Å²) in [6, 6.07) is 9.62. The quantitative estimate of drug-likeness (QED) is 0.465. The molecule has 1 aromatic carbocycles. The molecular formula is C17H12FNO2S2. The number of carbonyl (C=O) groups excluding carboxylic acids is 1. The van der Waals surface area contributed by atoms with Gasteiger partial charge in [0.1, 0.15) is 21.7 Å². The Labute approximate surface area is 142 Å². The van der Waals surface area contributed by atoms with Crippen LogP contribution in [0.15, 0.2) is 58.4 Å². The molecular weight excluding hydrogens is 333 g/mol. The van der Waals surface area contributed by atoms with Crippen LogP contribution in [0.25, 0.3) is 17.4 Å². The Morgan fingerprint density at radius 1 is 1.35 bits per heavy atom. The Kier molecular flexibility index (Phi) is 4.45. The van der Waals surface area contributed by atoms with E-state index in [0.717, 1.165) is 0 Å². The summed E-state index contributed by atoms with van der Waals surface area (Å²) in [6.45, 7) is 4.00. The number of rotatable bonds is 4. The van der Waals surface area contributed by atoms with Crippen LogP contribution < -0.4 is 0 Å². The standard InChI is InChI=1S/C17H12FNO2S2/c1-2-8-19-16(20)15(23-17(19)22)10-13-6-7-14(21-13)11-4-3-5-12(18)9-11/h2-7,9-10H,1,8H2/b15-10+. The summed E-state index contributed by atoms with van der Waals surface area (Å²) < 4.78 is 19.4. The van der Waals surface area contributed by atoms with Gasteiger partial charge >= 0.3 is 0 Å². The van der Waals surface area contributed by atoms with Crippen LogP contribution in [-0.4, -0.2) is 21.7 Å². The van der Waals surface area contributed by atoms with Gasteiger partial charge in [-0.1, -0.05) is 42.2 Å². The lowest BCUT2D eigenvalue weighted by atomic mass is 10.2. The molecule has 0 N–H and O–H groups in total. The molecule has 6 heteroatoms. The van der Waals surface area contributed by atoms with Crippen LogP contribution in [0.1, 0.15) is 5.76 Å². The van der Waals surface area contributed by atoms with Gasteiger partial charge in [0.15, 0.2) is 0 Å². The Balaban J connectivity index is 1.85. The average Bonchev–Trinajstić information content (AvgIpc) is 3.09. The first kappa shape index (κ1) is 15.7. The van der Waals surface area contributed by atoms with Gasteiger partial charge in [0.05, 0.1) is 4.91 Å². The number of hydrogen-bond acceptors (Lipinski definition) is 4. The van der Waals surface area contributed by atoms with Gasteiger partial charge in [-0.3, -0.25) is 9.69 Å². The van der Waals surface area contributed by atoms with E-state index in [4.69, 9.17) is 16.6 Å². The fourth-order valence-electron chi connectivity index (χ4n) is 2.14. The normalized spacial score (nSPS) is 16.4. The summed E-state index contributed by atoms with van der Waals surface area (Å²) in [5.74, 6) is 0.565. The van der Waals surface area contributed by atoms with Crippen molar-refractivity contribution in [3.8, 4) is 11.3 Å². The molecule has 3 rings (SSSR count). The number of thioether (sulfide) groups is 1.